The van der Waals surface area contributed by atoms with E-state index >= 15 is 0 Å². The van der Waals surface area contributed by atoms with E-state index in [9.17, 15) is 0 Å². The van der Waals surface area contributed by atoms with Crippen molar-refractivity contribution in [2.75, 3.05) is 0 Å². The minimum Gasteiger partial charge on any atom is -0.461 e. The molecule has 5 heteroatoms. The second kappa shape index (κ2) is 5.29. The van der Waals surface area contributed by atoms with Crippen LogP contribution in [0, 0.1) is 0 Å². The van der Waals surface area contributed by atoms with Crippen molar-refractivity contribution in [2.24, 2.45) is 0 Å². The van der Waals surface area contributed by atoms with Gasteiger partial charge in [-0.1, -0.05) is 30.3 Å². The molecule has 0 spiro atoms. The highest BCUT2D eigenvalue weighted by Gasteiger charge is 2.12. The molecule has 3 heterocycles. The lowest BCUT2D eigenvalue weighted by molar-refractivity contribution is 0.577. The van der Waals surface area contributed by atoms with Gasteiger partial charge >= 0.3 is 0 Å². The lowest BCUT2D eigenvalue weighted by Crippen LogP contribution is -1.90. The van der Waals surface area contributed by atoms with Gasteiger partial charge < -0.3 is 9.40 Å². The molecule has 0 amide bonds. The molecule has 5 nitrogen and oxygen atoms in total. The summed E-state index contributed by atoms with van der Waals surface area (Å²) in [5.41, 5.74) is 3.72. The van der Waals surface area contributed by atoms with E-state index in [4.69, 9.17) is 4.42 Å². The standard InChI is InChI=1S/C17H12N4O/c1-2-5-12(6-3-1)15-16(21-11-20-15)13-9-18-17(19-10-13)14-7-4-8-22-14/h1-11H,(H,20,21). The van der Waals surface area contributed by atoms with E-state index in [1.54, 1.807) is 25.0 Å². The quantitative estimate of drug-likeness (QED) is 0.622. The molecule has 22 heavy (non-hydrogen) atoms. The highest BCUT2D eigenvalue weighted by molar-refractivity contribution is 5.77. The first-order chi connectivity index (χ1) is 10.9. The number of H-pyrrole nitrogens is 1. The van der Waals surface area contributed by atoms with Gasteiger partial charge in [0.2, 0.25) is 0 Å². The molecule has 4 rings (SSSR count). The van der Waals surface area contributed by atoms with Crippen molar-refractivity contribution in [1.82, 2.24) is 19.9 Å². The number of nitrogens with one attached hydrogen (secondary N) is 1. The van der Waals surface area contributed by atoms with Gasteiger partial charge in [-0.3, -0.25) is 0 Å². The summed E-state index contributed by atoms with van der Waals surface area (Å²) >= 11 is 0. The highest BCUT2D eigenvalue weighted by atomic mass is 16.3. The maximum absolute atomic E-state index is 5.30. The van der Waals surface area contributed by atoms with Crippen molar-refractivity contribution < 1.29 is 4.42 Å². The van der Waals surface area contributed by atoms with Gasteiger partial charge in [-0.25, -0.2) is 15.0 Å². The molecular formula is C17H12N4O. The summed E-state index contributed by atoms with van der Waals surface area (Å²) in [5, 5.41) is 0. The fourth-order valence-corrected chi connectivity index (χ4v) is 2.32. The van der Waals surface area contributed by atoms with Gasteiger partial charge in [0.05, 0.1) is 24.0 Å². The van der Waals surface area contributed by atoms with E-state index in [1.807, 2.05) is 42.5 Å². The number of aromatic amines is 1. The van der Waals surface area contributed by atoms with E-state index in [1.165, 1.54) is 0 Å². The molecule has 0 atom stereocenters. The molecule has 0 saturated carbocycles. The second-order valence-electron chi connectivity index (χ2n) is 4.76. The van der Waals surface area contributed by atoms with Gasteiger partial charge in [0.15, 0.2) is 11.6 Å². The zero-order chi connectivity index (χ0) is 14.8. The summed E-state index contributed by atoms with van der Waals surface area (Å²) in [6.45, 7) is 0. The van der Waals surface area contributed by atoms with Crippen molar-refractivity contribution in [3.63, 3.8) is 0 Å². The van der Waals surface area contributed by atoms with Gasteiger partial charge in [0.1, 0.15) is 0 Å². The molecule has 1 N–H and O–H groups in total. The average molecular weight is 288 g/mol. The Morgan fingerprint density at radius 1 is 0.818 bits per heavy atom. The third kappa shape index (κ3) is 2.18. The lowest BCUT2D eigenvalue weighted by Gasteiger charge is -2.03. The Morgan fingerprint density at radius 3 is 2.36 bits per heavy atom. The third-order valence-corrected chi connectivity index (χ3v) is 3.37. The number of rotatable bonds is 3. The van der Waals surface area contributed by atoms with Crippen LogP contribution in [0.5, 0.6) is 0 Å². The van der Waals surface area contributed by atoms with Crippen LogP contribution in [0.1, 0.15) is 0 Å². The van der Waals surface area contributed by atoms with Crippen molar-refractivity contribution in [3.8, 4) is 34.1 Å². The Kier molecular flexibility index (Phi) is 3.01. The SMILES string of the molecule is c1ccc(-c2[nH]cnc2-c2cnc(-c3ccco3)nc2)cc1. The minimum absolute atomic E-state index is 0.561. The van der Waals surface area contributed by atoms with Crippen LogP contribution >= 0.6 is 0 Å². The first kappa shape index (κ1) is 12.5. The molecular weight excluding hydrogens is 276 g/mol. The zero-order valence-electron chi connectivity index (χ0n) is 11.6. The van der Waals surface area contributed by atoms with Gasteiger partial charge in [-0.15, -0.1) is 0 Å². The van der Waals surface area contributed by atoms with Gasteiger partial charge in [0, 0.05) is 23.5 Å². The smallest absolute Gasteiger partial charge is 0.195 e. The Bertz CT molecular complexity index is 865. The molecule has 1 aromatic carbocycles. The predicted octanol–water partition coefficient (Wildman–Crippen LogP) is 3.79. The zero-order valence-corrected chi connectivity index (χ0v) is 11.6. The van der Waals surface area contributed by atoms with Crippen LogP contribution in [-0.2, 0) is 0 Å². The first-order valence-electron chi connectivity index (χ1n) is 6.87. The molecule has 0 bridgehead atoms. The van der Waals surface area contributed by atoms with Gasteiger partial charge in [-0.05, 0) is 12.1 Å². The summed E-state index contributed by atoms with van der Waals surface area (Å²) in [6, 6.07) is 13.7. The van der Waals surface area contributed by atoms with Crippen molar-refractivity contribution in [1.29, 1.82) is 0 Å². The Balaban J connectivity index is 1.73. The summed E-state index contributed by atoms with van der Waals surface area (Å²) in [4.78, 5) is 16.3. The third-order valence-electron chi connectivity index (χ3n) is 3.37. The van der Waals surface area contributed by atoms with Gasteiger partial charge in [-0.2, -0.15) is 0 Å². The summed E-state index contributed by atoms with van der Waals surface area (Å²) < 4.78 is 5.30. The van der Waals surface area contributed by atoms with E-state index in [-0.39, 0.29) is 0 Å². The van der Waals surface area contributed by atoms with E-state index in [0.717, 1.165) is 22.5 Å². The summed E-state index contributed by atoms with van der Waals surface area (Å²) in [7, 11) is 0. The first-order valence-corrected chi connectivity index (χ1v) is 6.87. The molecule has 106 valence electrons. The van der Waals surface area contributed by atoms with Crippen molar-refractivity contribution in [2.45, 2.75) is 0 Å². The Labute approximate surface area is 126 Å². The minimum atomic E-state index is 0.561. The number of furan rings is 1. The number of hydrogen-bond acceptors (Lipinski definition) is 4. The van der Waals surface area contributed by atoms with Crippen molar-refractivity contribution >= 4 is 0 Å². The predicted molar refractivity (Wildman–Crippen MR) is 82.8 cm³/mol. The molecule has 0 radical (unpaired) electrons. The number of benzene rings is 1. The number of imidazole rings is 1. The number of aromatic nitrogens is 4. The fourth-order valence-electron chi connectivity index (χ4n) is 2.32. The van der Waals surface area contributed by atoms with E-state index in [0.29, 0.717) is 11.6 Å². The van der Waals surface area contributed by atoms with Crippen LogP contribution in [0.3, 0.4) is 0 Å². The largest absolute Gasteiger partial charge is 0.461 e. The lowest BCUT2D eigenvalue weighted by atomic mass is 10.1. The number of nitrogens with zero attached hydrogens (tertiary/aromatic N) is 3. The maximum atomic E-state index is 5.30. The van der Waals surface area contributed by atoms with Crippen LogP contribution < -0.4 is 0 Å². The topological polar surface area (TPSA) is 67.6 Å². The maximum Gasteiger partial charge on any atom is 0.195 e. The molecule has 0 aliphatic heterocycles. The normalized spacial score (nSPS) is 10.7. The van der Waals surface area contributed by atoms with Crippen LogP contribution in [0.15, 0.2) is 71.9 Å². The second-order valence-corrected chi connectivity index (χ2v) is 4.76. The Morgan fingerprint density at radius 2 is 1.64 bits per heavy atom. The van der Waals surface area contributed by atoms with E-state index in [2.05, 4.69) is 19.9 Å². The fraction of sp³-hybridized carbons (Fsp3) is 0. The number of hydrogen-bond donors (Lipinski definition) is 1. The highest BCUT2D eigenvalue weighted by Crippen LogP contribution is 2.28. The molecule has 0 aliphatic carbocycles. The summed E-state index contributed by atoms with van der Waals surface area (Å²) in [5.74, 6) is 1.21. The molecule has 0 fully saturated rings. The van der Waals surface area contributed by atoms with Crippen molar-refractivity contribution in [3.05, 3.63) is 67.4 Å². The van der Waals surface area contributed by atoms with Gasteiger partial charge in [0.25, 0.3) is 0 Å². The van der Waals surface area contributed by atoms with Crippen LogP contribution in [-0.4, -0.2) is 19.9 Å². The molecule has 0 saturated heterocycles. The summed E-state index contributed by atoms with van der Waals surface area (Å²) in [6.07, 6.45) is 6.80. The van der Waals surface area contributed by atoms with Crippen LogP contribution in [0.4, 0.5) is 0 Å². The van der Waals surface area contributed by atoms with E-state index < -0.39 is 0 Å². The van der Waals surface area contributed by atoms with Crippen LogP contribution in [0.2, 0.25) is 0 Å². The molecule has 3 aromatic heterocycles. The monoisotopic (exact) mass is 288 g/mol. The average Bonchev–Trinajstić information content (AvgIpc) is 3.28. The van der Waals surface area contributed by atoms with Crippen LogP contribution in [0.25, 0.3) is 34.1 Å². The molecule has 0 unspecified atom stereocenters. The molecule has 0 aliphatic rings. The Hall–Kier alpha value is -3.21. The molecule has 4 aromatic rings.